The minimum Gasteiger partial charge on any atom is -0.497 e. The summed E-state index contributed by atoms with van der Waals surface area (Å²) in [5, 5.41) is 0. The van der Waals surface area contributed by atoms with Crippen LogP contribution in [0.4, 0.5) is 0 Å². The van der Waals surface area contributed by atoms with Crippen molar-refractivity contribution in [3.05, 3.63) is 41.5 Å². The van der Waals surface area contributed by atoms with E-state index in [4.69, 9.17) is 4.74 Å². The third-order valence-electron chi connectivity index (χ3n) is 3.86. The Labute approximate surface area is 126 Å². The average molecular weight is 286 g/mol. The molecule has 3 heteroatoms. The van der Waals surface area contributed by atoms with Gasteiger partial charge in [0.25, 0.3) is 0 Å². The molecule has 1 aromatic rings. The summed E-state index contributed by atoms with van der Waals surface area (Å²) in [6, 6.07) is 8.22. The van der Waals surface area contributed by atoms with Gasteiger partial charge in [-0.3, -0.25) is 0 Å². The number of methoxy groups -OCH3 is 1. The molecule has 1 aliphatic heterocycles. The molecule has 0 fully saturated rings. The van der Waals surface area contributed by atoms with E-state index in [0.29, 0.717) is 6.42 Å². The van der Waals surface area contributed by atoms with Crippen molar-refractivity contribution in [2.45, 2.75) is 39.0 Å². The van der Waals surface area contributed by atoms with Gasteiger partial charge in [-0.1, -0.05) is 23.8 Å². The molecule has 1 amide bonds. The van der Waals surface area contributed by atoms with Crippen LogP contribution in [0.5, 0.6) is 5.75 Å². The molecule has 0 saturated heterocycles. The Morgan fingerprint density at radius 3 is 2.71 bits per heavy atom. The molecule has 0 bridgehead atoms. The third-order valence-corrected chi connectivity index (χ3v) is 3.86. The molecule has 0 radical (unpaired) electrons. The van der Waals surface area contributed by atoms with E-state index < -0.39 is 0 Å². The van der Waals surface area contributed by atoms with E-state index in [1.165, 1.54) is 11.1 Å². The largest absolute Gasteiger partial charge is 0.497 e. The highest BCUT2D eigenvalue weighted by molar-refractivity contribution is 5.79. The number of amides is 1. The molecule has 0 atom stereocenters. The number of allylic oxidation sites excluding steroid dienone is 1. The van der Waals surface area contributed by atoms with Crippen molar-refractivity contribution in [3.8, 4) is 5.75 Å². The van der Waals surface area contributed by atoms with Gasteiger partial charge in [-0.15, -0.1) is 0 Å². The van der Waals surface area contributed by atoms with E-state index in [0.717, 1.165) is 38.0 Å². The van der Waals surface area contributed by atoms with Crippen LogP contribution in [0, 0.1) is 0 Å². The monoisotopic (exact) mass is 286 g/mol. The van der Waals surface area contributed by atoms with E-state index >= 15 is 0 Å². The summed E-state index contributed by atoms with van der Waals surface area (Å²) in [6.07, 6.45) is 8.92. The minimum absolute atomic E-state index is 0.265. The number of rotatable bonds is 7. The van der Waals surface area contributed by atoms with Crippen LogP contribution < -0.4 is 4.74 Å². The average Bonchev–Trinajstić information content (AvgIpc) is 2.91. The van der Waals surface area contributed by atoms with E-state index in [2.05, 4.69) is 25.1 Å². The molecule has 1 heterocycles. The van der Waals surface area contributed by atoms with Crippen LogP contribution in [0.2, 0.25) is 0 Å². The zero-order valence-electron chi connectivity index (χ0n) is 13.0. The third kappa shape index (κ3) is 4.85. The maximum absolute atomic E-state index is 11.5. The van der Waals surface area contributed by atoms with E-state index in [9.17, 15) is 4.79 Å². The Hall–Kier alpha value is -1.90. The summed E-state index contributed by atoms with van der Waals surface area (Å²) in [6.45, 7) is 2.97. The van der Waals surface area contributed by atoms with Crippen molar-refractivity contribution in [2.24, 2.45) is 0 Å². The van der Waals surface area contributed by atoms with Gasteiger partial charge in [0, 0.05) is 12.8 Å². The summed E-state index contributed by atoms with van der Waals surface area (Å²) in [5.41, 5.74) is 2.68. The van der Waals surface area contributed by atoms with E-state index in [1.54, 1.807) is 7.11 Å². The van der Waals surface area contributed by atoms with Crippen molar-refractivity contribution in [1.29, 1.82) is 0 Å². The lowest BCUT2D eigenvalue weighted by atomic mass is 10.1. The summed E-state index contributed by atoms with van der Waals surface area (Å²) >= 11 is 0. The molecule has 21 heavy (non-hydrogen) atoms. The molecular weight excluding hydrogens is 262 g/mol. The fourth-order valence-electron chi connectivity index (χ4n) is 2.48. The van der Waals surface area contributed by atoms with Gasteiger partial charge in [0.15, 0.2) is 6.54 Å². The normalized spacial score (nSPS) is 15.2. The summed E-state index contributed by atoms with van der Waals surface area (Å²) < 4.78 is 7.02. The van der Waals surface area contributed by atoms with Crippen LogP contribution in [0.3, 0.4) is 0 Å². The number of benzene rings is 1. The maximum Gasteiger partial charge on any atom is 0.387 e. The second kappa shape index (κ2) is 7.77. The lowest BCUT2D eigenvalue weighted by molar-refractivity contribution is -0.439. The number of hydrogen-bond acceptors (Lipinski definition) is 2. The molecule has 3 nitrogen and oxygen atoms in total. The second-order valence-electron chi connectivity index (χ2n) is 5.50. The molecular formula is C18H24NO2+. The van der Waals surface area contributed by atoms with Gasteiger partial charge in [0.2, 0.25) is 0 Å². The van der Waals surface area contributed by atoms with Crippen LogP contribution in [0.15, 0.2) is 35.9 Å². The fourth-order valence-corrected chi connectivity index (χ4v) is 2.48. The Bertz CT molecular complexity index is 541. The van der Waals surface area contributed by atoms with Crippen molar-refractivity contribution in [3.63, 3.8) is 0 Å². The predicted octanol–water partition coefficient (Wildman–Crippen LogP) is 3.37. The van der Waals surface area contributed by atoms with Crippen LogP contribution >= 0.6 is 0 Å². The molecule has 0 unspecified atom stereocenters. The Morgan fingerprint density at radius 1 is 1.33 bits per heavy atom. The molecule has 0 aliphatic carbocycles. The van der Waals surface area contributed by atoms with Crippen LogP contribution in [0.1, 0.15) is 38.2 Å². The summed E-state index contributed by atoms with van der Waals surface area (Å²) in [4.78, 5) is 11.5. The first-order valence-electron chi connectivity index (χ1n) is 7.60. The minimum atomic E-state index is 0.265. The standard InChI is InChI=1S/C18H24NO2/c1-15(12-14-19-13-4-7-18(19)20)5-3-6-16-8-10-17(21-2)11-9-16/h5,8-11,13H,3-4,6-7,12,14H2,1-2H3/q+1. The predicted molar refractivity (Wildman–Crippen MR) is 85.1 cm³/mol. The Kier molecular flexibility index (Phi) is 5.73. The number of nitrogens with zero attached hydrogens (tertiary/aromatic N) is 1. The summed E-state index contributed by atoms with van der Waals surface area (Å²) in [7, 11) is 1.68. The van der Waals surface area contributed by atoms with Crippen molar-refractivity contribution in [2.75, 3.05) is 13.7 Å². The number of hydrogen-bond donors (Lipinski definition) is 0. The highest BCUT2D eigenvalue weighted by atomic mass is 16.5. The lowest BCUT2D eigenvalue weighted by Crippen LogP contribution is -2.16. The lowest BCUT2D eigenvalue weighted by Gasteiger charge is -2.03. The number of carbonyl (C=O) groups excluding carboxylic acids is 1. The summed E-state index contributed by atoms with van der Waals surface area (Å²) in [5.74, 6) is 1.16. The number of aryl methyl sites for hydroxylation is 1. The molecule has 2 rings (SSSR count). The first-order chi connectivity index (χ1) is 10.2. The van der Waals surface area contributed by atoms with Gasteiger partial charge in [-0.2, -0.15) is 4.58 Å². The smallest absolute Gasteiger partial charge is 0.387 e. The Morgan fingerprint density at radius 2 is 2.10 bits per heavy atom. The van der Waals surface area contributed by atoms with Crippen molar-refractivity contribution < 1.29 is 14.1 Å². The van der Waals surface area contributed by atoms with Crippen molar-refractivity contribution in [1.82, 2.24) is 0 Å². The SMILES string of the molecule is COc1ccc(CCC=C(C)CC[N+]2=CCCC2=O)cc1. The van der Waals surface area contributed by atoms with Gasteiger partial charge >= 0.3 is 5.91 Å². The van der Waals surface area contributed by atoms with E-state index in [-0.39, 0.29) is 5.91 Å². The highest BCUT2D eigenvalue weighted by Crippen LogP contribution is 2.13. The Balaban J connectivity index is 1.73. The maximum atomic E-state index is 11.5. The topological polar surface area (TPSA) is 29.3 Å². The molecule has 1 aromatic carbocycles. The second-order valence-corrected chi connectivity index (χ2v) is 5.50. The van der Waals surface area contributed by atoms with Gasteiger partial charge < -0.3 is 4.74 Å². The zero-order chi connectivity index (χ0) is 15.1. The van der Waals surface area contributed by atoms with Crippen LogP contribution in [-0.2, 0) is 11.2 Å². The van der Waals surface area contributed by atoms with E-state index in [1.807, 2.05) is 22.9 Å². The first kappa shape index (κ1) is 15.5. The van der Waals surface area contributed by atoms with Crippen molar-refractivity contribution >= 4 is 12.1 Å². The van der Waals surface area contributed by atoms with Gasteiger partial charge in [0.1, 0.15) is 12.0 Å². The highest BCUT2D eigenvalue weighted by Gasteiger charge is 2.22. The molecule has 0 spiro atoms. The van der Waals surface area contributed by atoms with Gasteiger partial charge in [-0.05, 0) is 37.5 Å². The molecule has 0 saturated carbocycles. The fraction of sp³-hybridized carbons (Fsp3) is 0.444. The van der Waals surface area contributed by atoms with Crippen LogP contribution in [0.25, 0.3) is 0 Å². The first-order valence-corrected chi connectivity index (χ1v) is 7.60. The van der Waals surface area contributed by atoms with Gasteiger partial charge in [0.05, 0.1) is 13.5 Å². The number of ether oxygens (including phenoxy) is 1. The zero-order valence-corrected chi connectivity index (χ0v) is 13.0. The molecule has 112 valence electrons. The van der Waals surface area contributed by atoms with Crippen LogP contribution in [-0.4, -0.2) is 30.4 Å². The molecule has 0 aromatic heterocycles. The molecule has 0 N–H and O–H groups in total. The molecule has 1 aliphatic rings. The number of carbonyl (C=O) groups is 1. The quantitative estimate of drug-likeness (QED) is 0.568. The van der Waals surface area contributed by atoms with Gasteiger partial charge in [-0.25, -0.2) is 4.79 Å².